The van der Waals surface area contributed by atoms with Crippen molar-refractivity contribution in [3.05, 3.63) is 29.8 Å². The van der Waals surface area contributed by atoms with E-state index >= 15 is 0 Å². The number of aryl methyl sites for hydroxylation is 1. The predicted octanol–water partition coefficient (Wildman–Crippen LogP) is 2.49. The molecule has 2 rings (SSSR count). The average Bonchev–Trinajstić information content (AvgIpc) is 2.37. The van der Waals surface area contributed by atoms with Gasteiger partial charge in [0.1, 0.15) is 0 Å². The summed E-state index contributed by atoms with van der Waals surface area (Å²) in [6.07, 6.45) is 3.24. The van der Waals surface area contributed by atoms with E-state index < -0.39 is 0 Å². The van der Waals surface area contributed by atoms with Crippen molar-refractivity contribution in [2.75, 3.05) is 11.9 Å². The second-order valence-corrected chi connectivity index (χ2v) is 5.29. The minimum absolute atomic E-state index is 0.0285. The van der Waals surface area contributed by atoms with Crippen LogP contribution in [0.15, 0.2) is 24.3 Å². The van der Waals surface area contributed by atoms with E-state index in [4.69, 9.17) is 0 Å². The molecule has 1 aliphatic heterocycles. The summed E-state index contributed by atoms with van der Waals surface area (Å²) in [7, 11) is 1.86. The molecule has 0 spiro atoms. The highest BCUT2D eigenvalue weighted by molar-refractivity contribution is 5.96. The highest BCUT2D eigenvalue weighted by Crippen LogP contribution is 2.19. The molecule has 18 heavy (non-hydrogen) atoms. The molecule has 0 aromatic heterocycles. The fourth-order valence-electron chi connectivity index (χ4n) is 2.53. The lowest BCUT2D eigenvalue weighted by Crippen LogP contribution is -2.50. The van der Waals surface area contributed by atoms with E-state index in [0.717, 1.165) is 24.9 Å². The van der Waals surface area contributed by atoms with Crippen LogP contribution in [0.2, 0.25) is 0 Å². The van der Waals surface area contributed by atoms with Crippen molar-refractivity contribution in [1.82, 2.24) is 5.32 Å². The number of nitrogens with zero attached hydrogens (tertiary/aromatic N) is 1. The smallest absolute Gasteiger partial charge is 0.243 e. The molecule has 2 unspecified atom stereocenters. The normalized spacial score (nSPS) is 23.7. The molecule has 0 aliphatic carbocycles. The van der Waals surface area contributed by atoms with Crippen LogP contribution in [-0.2, 0) is 4.79 Å². The van der Waals surface area contributed by atoms with Crippen molar-refractivity contribution in [2.45, 2.75) is 45.2 Å². The lowest BCUT2D eigenvalue weighted by molar-refractivity contribution is -0.121. The first-order chi connectivity index (χ1) is 8.58. The van der Waals surface area contributed by atoms with Crippen LogP contribution in [0.3, 0.4) is 0 Å². The van der Waals surface area contributed by atoms with Gasteiger partial charge in [-0.3, -0.25) is 4.79 Å². The Bertz CT molecular complexity index is 430. The van der Waals surface area contributed by atoms with Crippen molar-refractivity contribution in [2.24, 2.45) is 0 Å². The lowest BCUT2D eigenvalue weighted by atomic mass is 9.98. The number of rotatable bonds is 2. The Morgan fingerprint density at radius 3 is 2.83 bits per heavy atom. The maximum absolute atomic E-state index is 12.4. The molecule has 1 saturated heterocycles. The Labute approximate surface area is 109 Å². The van der Waals surface area contributed by atoms with Crippen LogP contribution in [-0.4, -0.2) is 25.0 Å². The molecular formula is C15H22N2O. The molecule has 1 amide bonds. The zero-order valence-electron chi connectivity index (χ0n) is 11.4. The molecule has 3 heteroatoms. The third kappa shape index (κ3) is 2.91. The molecule has 1 heterocycles. The Kier molecular flexibility index (Phi) is 4.02. The van der Waals surface area contributed by atoms with E-state index in [1.54, 1.807) is 4.90 Å². The highest BCUT2D eigenvalue weighted by Gasteiger charge is 2.27. The average molecular weight is 246 g/mol. The van der Waals surface area contributed by atoms with Gasteiger partial charge in [0, 0.05) is 18.8 Å². The molecule has 0 radical (unpaired) electrons. The van der Waals surface area contributed by atoms with Crippen LogP contribution in [0, 0.1) is 6.92 Å². The maximum atomic E-state index is 12.4. The van der Waals surface area contributed by atoms with Crippen LogP contribution >= 0.6 is 0 Å². The molecule has 1 aromatic carbocycles. The number of amides is 1. The number of anilines is 1. The van der Waals surface area contributed by atoms with E-state index in [2.05, 4.69) is 12.2 Å². The van der Waals surface area contributed by atoms with Crippen molar-refractivity contribution >= 4 is 11.6 Å². The van der Waals surface area contributed by atoms with Gasteiger partial charge in [0.25, 0.3) is 0 Å². The minimum atomic E-state index is -0.0285. The quantitative estimate of drug-likeness (QED) is 0.869. The molecule has 1 aromatic rings. The van der Waals surface area contributed by atoms with Crippen molar-refractivity contribution in [1.29, 1.82) is 0 Å². The van der Waals surface area contributed by atoms with Crippen LogP contribution < -0.4 is 10.2 Å². The summed E-state index contributed by atoms with van der Waals surface area (Å²) in [5, 5.41) is 3.39. The van der Waals surface area contributed by atoms with Gasteiger partial charge in [-0.15, -0.1) is 0 Å². The molecule has 1 aliphatic rings. The fourth-order valence-corrected chi connectivity index (χ4v) is 2.53. The van der Waals surface area contributed by atoms with Crippen LogP contribution in [0.5, 0.6) is 0 Å². The minimum Gasteiger partial charge on any atom is -0.314 e. The predicted molar refractivity (Wildman–Crippen MR) is 74.8 cm³/mol. The van der Waals surface area contributed by atoms with Gasteiger partial charge in [-0.25, -0.2) is 0 Å². The largest absolute Gasteiger partial charge is 0.314 e. The summed E-state index contributed by atoms with van der Waals surface area (Å²) < 4.78 is 0. The summed E-state index contributed by atoms with van der Waals surface area (Å²) in [4.78, 5) is 14.2. The SMILES string of the molecule is Cc1cccc(N(C)C(=O)C2CCCC(C)N2)c1. The Balaban J connectivity index is 2.08. The topological polar surface area (TPSA) is 32.3 Å². The summed E-state index contributed by atoms with van der Waals surface area (Å²) in [5.41, 5.74) is 2.15. The molecule has 3 nitrogen and oxygen atoms in total. The van der Waals surface area contributed by atoms with Gasteiger partial charge in [-0.2, -0.15) is 0 Å². The number of hydrogen-bond acceptors (Lipinski definition) is 2. The first-order valence-corrected chi connectivity index (χ1v) is 6.68. The first-order valence-electron chi connectivity index (χ1n) is 6.68. The molecule has 2 atom stereocenters. The lowest BCUT2D eigenvalue weighted by Gasteiger charge is -2.31. The van der Waals surface area contributed by atoms with Crippen molar-refractivity contribution in [3.63, 3.8) is 0 Å². The Morgan fingerprint density at radius 2 is 2.17 bits per heavy atom. The Hall–Kier alpha value is -1.35. The number of hydrogen-bond donors (Lipinski definition) is 1. The highest BCUT2D eigenvalue weighted by atomic mass is 16.2. The number of likely N-dealkylation sites (N-methyl/N-ethyl adjacent to an activating group) is 1. The summed E-state index contributed by atoms with van der Waals surface area (Å²) >= 11 is 0. The molecule has 98 valence electrons. The Morgan fingerprint density at radius 1 is 1.39 bits per heavy atom. The second kappa shape index (κ2) is 5.53. The number of nitrogens with one attached hydrogen (secondary N) is 1. The van der Waals surface area contributed by atoms with E-state index in [0.29, 0.717) is 6.04 Å². The number of piperidine rings is 1. The van der Waals surface area contributed by atoms with Gasteiger partial charge in [-0.05, 0) is 50.8 Å². The second-order valence-electron chi connectivity index (χ2n) is 5.29. The third-order valence-corrected chi connectivity index (χ3v) is 3.63. The van der Waals surface area contributed by atoms with Crippen LogP contribution in [0.1, 0.15) is 31.7 Å². The summed E-state index contributed by atoms with van der Waals surface area (Å²) in [5.74, 6) is 0.173. The number of carbonyl (C=O) groups is 1. The van der Waals surface area contributed by atoms with Gasteiger partial charge in [0.2, 0.25) is 5.91 Å². The fraction of sp³-hybridized carbons (Fsp3) is 0.533. The van der Waals surface area contributed by atoms with Crippen molar-refractivity contribution < 1.29 is 4.79 Å². The molecule has 1 N–H and O–H groups in total. The van der Waals surface area contributed by atoms with Gasteiger partial charge in [0.15, 0.2) is 0 Å². The standard InChI is InChI=1S/C15H22N2O/c1-11-6-4-8-13(10-11)17(3)15(18)14-9-5-7-12(2)16-14/h4,6,8,10,12,14,16H,5,7,9H2,1-3H3. The number of benzene rings is 1. The zero-order chi connectivity index (χ0) is 13.1. The van der Waals surface area contributed by atoms with E-state index in [-0.39, 0.29) is 11.9 Å². The van der Waals surface area contributed by atoms with Crippen molar-refractivity contribution in [3.8, 4) is 0 Å². The van der Waals surface area contributed by atoms with E-state index in [1.165, 1.54) is 5.56 Å². The summed E-state index contributed by atoms with van der Waals surface area (Å²) in [6, 6.07) is 8.48. The number of carbonyl (C=O) groups excluding carboxylic acids is 1. The van der Waals surface area contributed by atoms with Gasteiger partial charge in [-0.1, -0.05) is 12.1 Å². The summed E-state index contributed by atoms with van der Waals surface area (Å²) in [6.45, 7) is 4.19. The van der Waals surface area contributed by atoms with Crippen LogP contribution in [0.4, 0.5) is 5.69 Å². The molecule has 0 saturated carbocycles. The molecule has 1 fully saturated rings. The maximum Gasteiger partial charge on any atom is 0.243 e. The van der Waals surface area contributed by atoms with Gasteiger partial charge < -0.3 is 10.2 Å². The van der Waals surface area contributed by atoms with E-state index in [9.17, 15) is 4.79 Å². The third-order valence-electron chi connectivity index (χ3n) is 3.63. The molecular weight excluding hydrogens is 224 g/mol. The molecule has 0 bridgehead atoms. The van der Waals surface area contributed by atoms with E-state index in [1.807, 2.05) is 38.2 Å². The first kappa shape index (κ1) is 13.1. The van der Waals surface area contributed by atoms with Gasteiger partial charge >= 0.3 is 0 Å². The monoisotopic (exact) mass is 246 g/mol. The van der Waals surface area contributed by atoms with Crippen LogP contribution in [0.25, 0.3) is 0 Å². The van der Waals surface area contributed by atoms with Gasteiger partial charge in [0.05, 0.1) is 6.04 Å². The zero-order valence-corrected chi connectivity index (χ0v) is 11.4.